The summed E-state index contributed by atoms with van der Waals surface area (Å²) in [4.78, 5) is 17.7. The van der Waals surface area contributed by atoms with Gasteiger partial charge in [0.15, 0.2) is 6.10 Å². The van der Waals surface area contributed by atoms with E-state index in [1.165, 1.54) is 6.07 Å². The van der Waals surface area contributed by atoms with E-state index in [0.29, 0.717) is 32.6 Å². The molecule has 0 bridgehead atoms. The molecule has 3 rings (SSSR count). The van der Waals surface area contributed by atoms with Crippen LogP contribution in [0, 0.1) is 13.8 Å². The zero-order valence-electron chi connectivity index (χ0n) is 20.0. The SMILES string of the molecule is Cc1nc(C)c(C(OC(C)(C)C)C(=O)OC(C)C)c(-c2ccc3c(c2)C(F)(F)CCO3)c1Br. The zero-order chi connectivity index (χ0) is 24.7. The van der Waals surface area contributed by atoms with Gasteiger partial charge in [-0.15, -0.1) is 0 Å². The minimum Gasteiger partial charge on any atom is -0.493 e. The average Bonchev–Trinajstić information content (AvgIpc) is 2.67. The van der Waals surface area contributed by atoms with Crippen molar-refractivity contribution in [3.63, 3.8) is 0 Å². The standard InChI is InChI=1S/C25H30BrF2NO4/c1-13(2)32-23(30)22(33-24(5,6)7)19-14(3)29-15(4)21(26)20(19)16-8-9-18-17(12-16)25(27,28)10-11-31-18/h8-9,12-13,22H,10-11H2,1-7H3. The second kappa shape index (κ2) is 9.29. The van der Waals surface area contributed by atoms with Crippen LogP contribution in [-0.2, 0) is 20.2 Å². The molecule has 0 aliphatic carbocycles. The number of nitrogens with zero attached hydrogens (tertiary/aromatic N) is 1. The van der Waals surface area contributed by atoms with Crippen LogP contribution in [-0.4, -0.2) is 29.3 Å². The summed E-state index contributed by atoms with van der Waals surface area (Å²) < 4.78 is 47.1. The van der Waals surface area contributed by atoms with Crippen LogP contribution in [0.5, 0.6) is 5.75 Å². The van der Waals surface area contributed by atoms with Crippen LogP contribution in [0.2, 0.25) is 0 Å². The number of hydrogen-bond acceptors (Lipinski definition) is 5. The predicted octanol–water partition coefficient (Wildman–Crippen LogP) is 6.81. The van der Waals surface area contributed by atoms with Gasteiger partial charge in [-0.1, -0.05) is 6.07 Å². The number of alkyl halides is 2. The fourth-order valence-corrected chi connectivity index (χ4v) is 4.37. The summed E-state index contributed by atoms with van der Waals surface area (Å²) in [5, 5.41) is 0. The Labute approximate surface area is 202 Å². The van der Waals surface area contributed by atoms with Crippen molar-refractivity contribution in [1.29, 1.82) is 0 Å². The third-order valence-electron chi connectivity index (χ3n) is 5.17. The molecule has 0 saturated heterocycles. The quantitative estimate of drug-likeness (QED) is 0.401. The molecular weight excluding hydrogens is 496 g/mol. The summed E-state index contributed by atoms with van der Waals surface area (Å²) in [5.74, 6) is -3.41. The second-order valence-corrected chi connectivity index (χ2v) is 10.3. The summed E-state index contributed by atoms with van der Waals surface area (Å²) >= 11 is 3.59. The van der Waals surface area contributed by atoms with Crippen molar-refractivity contribution in [3.05, 3.63) is 45.2 Å². The molecule has 180 valence electrons. The fourth-order valence-electron chi connectivity index (χ4n) is 3.84. The lowest BCUT2D eigenvalue weighted by Gasteiger charge is -2.30. The number of hydrogen-bond donors (Lipinski definition) is 0. The molecule has 1 aromatic carbocycles. The summed E-state index contributed by atoms with van der Waals surface area (Å²) in [6.07, 6.45) is -1.84. The zero-order valence-corrected chi connectivity index (χ0v) is 21.6. The molecule has 0 fully saturated rings. The van der Waals surface area contributed by atoms with Crippen molar-refractivity contribution in [3.8, 4) is 16.9 Å². The molecule has 0 amide bonds. The number of ether oxygens (including phenoxy) is 3. The van der Waals surface area contributed by atoms with E-state index in [9.17, 15) is 13.6 Å². The van der Waals surface area contributed by atoms with Crippen LogP contribution in [0.4, 0.5) is 8.78 Å². The van der Waals surface area contributed by atoms with E-state index in [2.05, 4.69) is 20.9 Å². The highest BCUT2D eigenvalue weighted by Crippen LogP contribution is 2.46. The van der Waals surface area contributed by atoms with E-state index in [-0.39, 0.29) is 30.4 Å². The Morgan fingerprint density at radius 3 is 2.48 bits per heavy atom. The number of halogens is 3. The van der Waals surface area contributed by atoms with Gasteiger partial charge in [-0.25, -0.2) is 13.6 Å². The molecule has 0 radical (unpaired) electrons. The Hall–Kier alpha value is -2.06. The van der Waals surface area contributed by atoms with Crippen molar-refractivity contribution in [2.75, 3.05) is 6.61 Å². The highest BCUT2D eigenvalue weighted by Gasteiger charge is 2.39. The van der Waals surface area contributed by atoms with Crippen LogP contribution in [0.25, 0.3) is 11.1 Å². The number of carbonyl (C=O) groups is 1. The fraction of sp³-hybridized carbons (Fsp3) is 0.520. The Bertz CT molecular complexity index is 1060. The molecule has 1 unspecified atom stereocenters. The first kappa shape index (κ1) is 25.6. The summed E-state index contributed by atoms with van der Waals surface area (Å²) in [5.41, 5.74) is 1.93. The molecule has 0 saturated carbocycles. The maximum Gasteiger partial charge on any atom is 0.340 e. The minimum absolute atomic E-state index is 0.0374. The Morgan fingerprint density at radius 2 is 1.88 bits per heavy atom. The molecular formula is C25H30BrF2NO4. The summed E-state index contributed by atoms with van der Waals surface area (Å²) in [7, 11) is 0. The number of carbonyl (C=O) groups excluding carboxylic acids is 1. The largest absolute Gasteiger partial charge is 0.493 e. The molecule has 1 atom stereocenters. The van der Waals surface area contributed by atoms with Gasteiger partial charge in [0, 0.05) is 21.3 Å². The number of benzene rings is 1. The van der Waals surface area contributed by atoms with Crippen molar-refractivity contribution in [2.24, 2.45) is 0 Å². The van der Waals surface area contributed by atoms with Gasteiger partial charge in [-0.3, -0.25) is 4.98 Å². The molecule has 0 N–H and O–H groups in total. The first-order valence-corrected chi connectivity index (χ1v) is 11.7. The van der Waals surface area contributed by atoms with E-state index in [1.54, 1.807) is 32.9 Å². The number of aromatic nitrogens is 1. The van der Waals surface area contributed by atoms with Crippen molar-refractivity contribution in [2.45, 2.75) is 78.6 Å². The van der Waals surface area contributed by atoms with Gasteiger partial charge in [-0.05, 0) is 82.1 Å². The first-order chi connectivity index (χ1) is 15.2. The van der Waals surface area contributed by atoms with Gasteiger partial charge in [0.05, 0.1) is 36.0 Å². The smallest absolute Gasteiger partial charge is 0.340 e. The molecule has 1 aliphatic heterocycles. The molecule has 8 heteroatoms. The Morgan fingerprint density at radius 1 is 1.21 bits per heavy atom. The molecule has 5 nitrogen and oxygen atoms in total. The normalized spacial score (nSPS) is 16.2. The van der Waals surface area contributed by atoms with Crippen LogP contribution in [0.3, 0.4) is 0 Å². The molecule has 2 aromatic rings. The van der Waals surface area contributed by atoms with Crippen LogP contribution in [0.1, 0.15) is 69.7 Å². The molecule has 2 heterocycles. The van der Waals surface area contributed by atoms with Gasteiger partial charge in [0.1, 0.15) is 5.75 Å². The van der Waals surface area contributed by atoms with E-state index < -0.39 is 23.6 Å². The third kappa shape index (κ3) is 5.54. The highest BCUT2D eigenvalue weighted by atomic mass is 79.9. The van der Waals surface area contributed by atoms with Gasteiger partial charge in [0.25, 0.3) is 5.92 Å². The highest BCUT2D eigenvalue weighted by molar-refractivity contribution is 9.10. The third-order valence-corrected chi connectivity index (χ3v) is 6.14. The number of fused-ring (bicyclic) bond motifs is 1. The molecule has 1 aromatic heterocycles. The Balaban J connectivity index is 2.28. The van der Waals surface area contributed by atoms with E-state index in [0.717, 1.165) is 0 Å². The van der Waals surface area contributed by atoms with E-state index in [1.807, 2.05) is 27.7 Å². The average molecular weight is 526 g/mol. The van der Waals surface area contributed by atoms with Crippen LogP contribution < -0.4 is 4.74 Å². The minimum atomic E-state index is -3.01. The van der Waals surface area contributed by atoms with Gasteiger partial charge >= 0.3 is 5.97 Å². The topological polar surface area (TPSA) is 57.7 Å². The number of esters is 1. The number of rotatable bonds is 5. The molecule has 1 aliphatic rings. The number of aryl methyl sites for hydroxylation is 2. The van der Waals surface area contributed by atoms with E-state index in [4.69, 9.17) is 14.2 Å². The molecule has 0 spiro atoms. The Kier molecular flexibility index (Phi) is 7.20. The summed E-state index contributed by atoms with van der Waals surface area (Å²) in [6.45, 7) is 12.6. The lowest BCUT2D eigenvalue weighted by Crippen LogP contribution is -2.31. The van der Waals surface area contributed by atoms with Crippen LogP contribution >= 0.6 is 15.9 Å². The number of pyridine rings is 1. The maximum absolute atomic E-state index is 14.7. The maximum atomic E-state index is 14.7. The van der Waals surface area contributed by atoms with Gasteiger partial charge < -0.3 is 14.2 Å². The predicted molar refractivity (Wildman–Crippen MR) is 126 cm³/mol. The van der Waals surface area contributed by atoms with Gasteiger partial charge in [0.2, 0.25) is 0 Å². The van der Waals surface area contributed by atoms with Gasteiger partial charge in [-0.2, -0.15) is 0 Å². The van der Waals surface area contributed by atoms with Crippen molar-refractivity contribution in [1.82, 2.24) is 4.98 Å². The lowest BCUT2D eigenvalue weighted by atomic mass is 9.91. The van der Waals surface area contributed by atoms with E-state index >= 15 is 0 Å². The monoisotopic (exact) mass is 525 g/mol. The van der Waals surface area contributed by atoms with Crippen molar-refractivity contribution < 1.29 is 27.8 Å². The summed E-state index contributed by atoms with van der Waals surface area (Å²) in [6, 6.07) is 4.69. The lowest BCUT2D eigenvalue weighted by molar-refractivity contribution is -0.171. The van der Waals surface area contributed by atoms with Crippen LogP contribution in [0.15, 0.2) is 22.7 Å². The molecule has 33 heavy (non-hydrogen) atoms. The first-order valence-electron chi connectivity index (χ1n) is 10.9. The second-order valence-electron chi connectivity index (χ2n) is 9.50. The van der Waals surface area contributed by atoms with Crippen molar-refractivity contribution >= 4 is 21.9 Å².